The Hall–Kier alpha value is -3.19. The summed E-state index contributed by atoms with van der Waals surface area (Å²) in [5.74, 6) is -1.46. The quantitative estimate of drug-likeness (QED) is 0.397. The van der Waals surface area contributed by atoms with E-state index in [1.807, 2.05) is 25.9 Å². The molecule has 164 valence electrons. The van der Waals surface area contributed by atoms with E-state index in [4.69, 9.17) is 4.74 Å². The first-order valence-corrected chi connectivity index (χ1v) is 10.2. The average molecular weight is 426 g/mol. The zero-order valence-corrected chi connectivity index (χ0v) is 18.0. The van der Waals surface area contributed by atoms with E-state index in [9.17, 15) is 19.1 Å². The average Bonchev–Trinajstić information content (AvgIpc) is 3.01. The number of hydrogen-bond acceptors (Lipinski definition) is 5. The number of halogens is 1. The number of carbonyl (C=O) groups is 2. The van der Waals surface area contributed by atoms with Gasteiger partial charge >= 0.3 is 0 Å². The third-order valence-corrected chi connectivity index (χ3v) is 5.11. The molecule has 1 N–H and O–H groups in total. The number of aliphatic hydroxyl groups is 1. The molecule has 2 aromatic carbocycles. The van der Waals surface area contributed by atoms with Crippen molar-refractivity contribution in [3.8, 4) is 5.75 Å². The Morgan fingerprint density at radius 2 is 1.74 bits per heavy atom. The van der Waals surface area contributed by atoms with Crippen molar-refractivity contribution < 1.29 is 23.8 Å². The number of carbonyl (C=O) groups excluding carboxylic acids is 2. The number of hydrogen-bond donors (Lipinski definition) is 1. The van der Waals surface area contributed by atoms with E-state index in [1.54, 1.807) is 24.3 Å². The van der Waals surface area contributed by atoms with Crippen LogP contribution < -0.4 is 4.74 Å². The van der Waals surface area contributed by atoms with E-state index in [0.29, 0.717) is 36.6 Å². The zero-order chi connectivity index (χ0) is 22.5. The number of ether oxygens (including phenoxy) is 1. The molecule has 6 nitrogen and oxygen atoms in total. The van der Waals surface area contributed by atoms with Crippen molar-refractivity contribution in [3.63, 3.8) is 0 Å². The predicted octanol–water partition coefficient (Wildman–Crippen LogP) is 3.60. The van der Waals surface area contributed by atoms with Gasteiger partial charge in [-0.2, -0.15) is 0 Å². The molecule has 7 heteroatoms. The molecule has 0 radical (unpaired) electrons. The van der Waals surface area contributed by atoms with Gasteiger partial charge in [0.05, 0.1) is 18.2 Å². The standard InChI is InChI=1S/C24H27FN2O4/c1-4-15-31-19-11-7-17(8-12-19)22(28)20-21(16-5-9-18(25)10-6-16)27(14-13-26(2)3)24(30)23(20)29/h5-12,21,28H,4,13-15H2,1-3H3/b22-20+/t21-/m0/s1. The number of nitrogens with zero attached hydrogens (tertiary/aromatic N) is 2. The lowest BCUT2D eigenvalue weighted by Crippen LogP contribution is -2.35. The van der Waals surface area contributed by atoms with Gasteiger partial charge in [-0.3, -0.25) is 9.59 Å². The molecule has 3 rings (SSSR count). The number of amides is 1. The molecule has 0 unspecified atom stereocenters. The Labute approximate surface area is 181 Å². The zero-order valence-electron chi connectivity index (χ0n) is 18.0. The maximum Gasteiger partial charge on any atom is 0.295 e. The van der Waals surface area contributed by atoms with Crippen LogP contribution in [0.1, 0.15) is 30.5 Å². The third-order valence-electron chi connectivity index (χ3n) is 5.11. The summed E-state index contributed by atoms with van der Waals surface area (Å²) in [4.78, 5) is 29.0. The highest BCUT2D eigenvalue weighted by Crippen LogP contribution is 2.39. The number of likely N-dealkylation sites (N-methyl/N-ethyl adjacent to an activating group) is 1. The Morgan fingerprint density at radius 3 is 2.32 bits per heavy atom. The van der Waals surface area contributed by atoms with Crippen LogP contribution in [0.2, 0.25) is 0 Å². The molecule has 1 aliphatic rings. The number of Topliss-reactive ketones (excluding diaryl/α,β-unsaturated/α-hetero) is 1. The summed E-state index contributed by atoms with van der Waals surface area (Å²) in [7, 11) is 3.73. The van der Waals surface area contributed by atoms with Crippen molar-refractivity contribution in [1.29, 1.82) is 0 Å². The molecule has 1 heterocycles. The molecule has 0 spiro atoms. The molecule has 1 amide bonds. The third kappa shape index (κ3) is 4.94. The second kappa shape index (κ2) is 9.75. The van der Waals surface area contributed by atoms with Gasteiger partial charge in [-0.15, -0.1) is 0 Å². The Bertz CT molecular complexity index is 968. The number of benzene rings is 2. The fraction of sp³-hybridized carbons (Fsp3) is 0.333. The largest absolute Gasteiger partial charge is 0.507 e. The first-order valence-electron chi connectivity index (χ1n) is 10.2. The monoisotopic (exact) mass is 426 g/mol. The molecule has 0 aliphatic carbocycles. The van der Waals surface area contributed by atoms with Crippen LogP contribution in [0, 0.1) is 5.82 Å². The van der Waals surface area contributed by atoms with Crippen LogP contribution in [0.25, 0.3) is 5.76 Å². The topological polar surface area (TPSA) is 70.1 Å². The molecule has 1 atom stereocenters. The summed E-state index contributed by atoms with van der Waals surface area (Å²) in [5.41, 5.74) is 0.961. The first kappa shape index (κ1) is 22.5. The summed E-state index contributed by atoms with van der Waals surface area (Å²) in [5, 5.41) is 11.0. The summed E-state index contributed by atoms with van der Waals surface area (Å²) in [6, 6.07) is 11.5. The fourth-order valence-corrected chi connectivity index (χ4v) is 3.49. The van der Waals surface area contributed by atoms with Crippen LogP contribution in [0.4, 0.5) is 4.39 Å². The van der Waals surface area contributed by atoms with Crippen LogP contribution >= 0.6 is 0 Å². The molecule has 0 saturated carbocycles. The summed E-state index contributed by atoms with van der Waals surface area (Å²) < 4.78 is 19.1. The van der Waals surface area contributed by atoms with Crippen LogP contribution in [0.15, 0.2) is 54.1 Å². The number of likely N-dealkylation sites (tertiary alicyclic amines) is 1. The van der Waals surface area contributed by atoms with Gasteiger partial charge in [0.25, 0.3) is 11.7 Å². The van der Waals surface area contributed by atoms with E-state index < -0.39 is 23.5 Å². The maximum absolute atomic E-state index is 13.5. The highest BCUT2D eigenvalue weighted by atomic mass is 19.1. The number of rotatable bonds is 8. The molecule has 0 aromatic heterocycles. The lowest BCUT2D eigenvalue weighted by molar-refractivity contribution is -0.140. The Kier molecular flexibility index (Phi) is 7.07. The number of ketones is 1. The van der Waals surface area contributed by atoms with E-state index in [0.717, 1.165) is 6.42 Å². The molecule has 1 fully saturated rings. The molecular formula is C24H27FN2O4. The molecule has 1 saturated heterocycles. The lowest BCUT2D eigenvalue weighted by Gasteiger charge is -2.26. The maximum atomic E-state index is 13.5. The second-order valence-electron chi connectivity index (χ2n) is 7.72. The van der Waals surface area contributed by atoms with Gasteiger partial charge in [0.2, 0.25) is 0 Å². The van der Waals surface area contributed by atoms with E-state index in [-0.39, 0.29) is 11.3 Å². The molecule has 31 heavy (non-hydrogen) atoms. The van der Waals surface area contributed by atoms with Crippen LogP contribution in [-0.4, -0.2) is 60.4 Å². The summed E-state index contributed by atoms with van der Waals surface area (Å²) in [6.07, 6.45) is 0.871. The first-order chi connectivity index (χ1) is 14.8. The van der Waals surface area contributed by atoms with Crippen LogP contribution in [0.5, 0.6) is 5.75 Å². The Balaban J connectivity index is 2.04. The smallest absolute Gasteiger partial charge is 0.295 e. The van der Waals surface area contributed by atoms with Crippen molar-refractivity contribution in [1.82, 2.24) is 9.80 Å². The fourth-order valence-electron chi connectivity index (χ4n) is 3.49. The van der Waals surface area contributed by atoms with Crippen molar-refractivity contribution in [2.75, 3.05) is 33.8 Å². The van der Waals surface area contributed by atoms with Gasteiger partial charge in [0.15, 0.2) is 0 Å². The van der Waals surface area contributed by atoms with Gasteiger partial charge < -0.3 is 19.6 Å². The van der Waals surface area contributed by atoms with Crippen LogP contribution in [0.3, 0.4) is 0 Å². The Morgan fingerprint density at radius 1 is 1.10 bits per heavy atom. The van der Waals surface area contributed by atoms with E-state index in [1.165, 1.54) is 29.2 Å². The van der Waals surface area contributed by atoms with Crippen molar-refractivity contribution in [3.05, 3.63) is 71.0 Å². The SMILES string of the molecule is CCCOc1ccc(/C(O)=C2\C(=O)C(=O)N(CCN(C)C)[C@H]2c2ccc(F)cc2)cc1. The van der Waals surface area contributed by atoms with Crippen molar-refractivity contribution >= 4 is 17.4 Å². The lowest BCUT2D eigenvalue weighted by atomic mass is 9.95. The van der Waals surface area contributed by atoms with Crippen molar-refractivity contribution in [2.45, 2.75) is 19.4 Å². The minimum atomic E-state index is -0.795. The van der Waals surface area contributed by atoms with E-state index in [2.05, 4.69) is 0 Å². The normalized spacial score (nSPS) is 18.1. The van der Waals surface area contributed by atoms with Gasteiger partial charge in [0.1, 0.15) is 17.3 Å². The molecule has 2 aromatic rings. The molecule has 1 aliphatic heterocycles. The van der Waals surface area contributed by atoms with E-state index >= 15 is 0 Å². The predicted molar refractivity (Wildman–Crippen MR) is 116 cm³/mol. The van der Waals surface area contributed by atoms with Crippen molar-refractivity contribution in [2.24, 2.45) is 0 Å². The second-order valence-corrected chi connectivity index (χ2v) is 7.72. The van der Waals surface area contributed by atoms with Crippen LogP contribution in [-0.2, 0) is 9.59 Å². The van der Waals surface area contributed by atoms with Gasteiger partial charge in [-0.25, -0.2) is 4.39 Å². The minimum absolute atomic E-state index is 0.00223. The summed E-state index contributed by atoms with van der Waals surface area (Å²) in [6.45, 7) is 3.41. The molecular weight excluding hydrogens is 399 g/mol. The van der Waals surface area contributed by atoms with Gasteiger partial charge in [-0.1, -0.05) is 19.1 Å². The highest BCUT2D eigenvalue weighted by molar-refractivity contribution is 6.46. The summed E-state index contributed by atoms with van der Waals surface area (Å²) >= 11 is 0. The minimum Gasteiger partial charge on any atom is -0.507 e. The van der Waals surface area contributed by atoms with Gasteiger partial charge in [-0.05, 0) is 62.5 Å². The van der Waals surface area contributed by atoms with Gasteiger partial charge in [0, 0.05) is 18.7 Å². The highest BCUT2D eigenvalue weighted by Gasteiger charge is 2.45. The number of aliphatic hydroxyl groups excluding tert-OH is 1. The molecule has 0 bridgehead atoms.